The highest BCUT2D eigenvalue weighted by Crippen LogP contribution is 2.19. The topological polar surface area (TPSA) is 78.9 Å². The number of esters is 3. The molecule has 0 aliphatic heterocycles. The van der Waals surface area contributed by atoms with Crippen LogP contribution in [0.3, 0.4) is 0 Å². The SMILES string of the molecule is CCCCCCC/C=C\C/C=C\C/C=C\CCCCCCCCCCCCCCC(=O)OC(COC(=O)CCCCCCC)COC(=O)CCCCCCCCCCCCCCCCCCCCCCCCCCCCCCCCCC. The van der Waals surface area contributed by atoms with Crippen LogP contribution in [-0.4, -0.2) is 37.2 Å². The van der Waals surface area contributed by atoms with Gasteiger partial charge in [0, 0.05) is 19.3 Å². The Hall–Kier alpha value is -2.37. The second-order valence-corrected chi connectivity index (χ2v) is 25.2. The monoisotopic (exact) mass is 1150 g/mol. The van der Waals surface area contributed by atoms with Gasteiger partial charge in [0.1, 0.15) is 13.2 Å². The molecule has 482 valence electrons. The Bertz CT molecular complexity index is 1370. The first kappa shape index (κ1) is 79.6. The lowest BCUT2D eigenvalue weighted by molar-refractivity contribution is -0.167. The molecule has 0 spiro atoms. The van der Waals surface area contributed by atoms with Crippen molar-refractivity contribution < 1.29 is 28.6 Å². The molecule has 1 unspecified atom stereocenters. The van der Waals surface area contributed by atoms with Crippen molar-refractivity contribution >= 4 is 17.9 Å². The summed E-state index contributed by atoms with van der Waals surface area (Å²) in [5.74, 6) is -0.859. The van der Waals surface area contributed by atoms with Crippen molar-refractivity contribution in [1.29, 1.82) is 0 Å². The Kier molecular flexibility index (Phi) is 69.1. The summed E-state index contributed by atoms with van der Waals surface area (Å²) in [6.07, 6.45) is 89.7. The second-order valence-electron chi connectivity index (χ2n) is 25.2. The summed E-state index contributed by atoms with van der Waals surface area (Å²) in [7, 11) is 0. The summed E-state index contributed by atoms with van der Waals surface area (Å²) < 4.78 is 16.8. The zero-order chi connectivity index (χ0) is 59.2. The highest BCUT2D eigenvalue weighted by atomic mass is 16.6. The van der Waals surface area contributed by atoms with Crippen LogP contribution in [0.15, 0.2) is 36.5 Å². The molecule has 0 rings (SSSR count). The average Bonchev–Trinajstić information content (AvgIpc) is 3.47. The quantitative estimate of drug-likeness (QED) is 0.0261. The summed E-state index contributed by atoms with van der Waals surface area (Å²) in [6.45, 7) is 6.62. The van der Waals surface area contributed by atoms with Crippen LogP contribution in [0.25, 0.3) is 0 Å². The molecule has 1 atom stereocenters. The van der Waals surface area contributed by atoms with Gasteiger partial charge in [-0.2, -0.15) is 0 Å². The van der Waals surface area contributed by atoms with Gasteiger partial charge in [-0.25, -0.2) is 0 Å². The molecular formula is C76H142O6. The first-order valence-electron chi connectivity index (χ1n) is 37.0. The minimum absolute atomic E-state index is 0.0681. The molecule has 0 amide bonds. The van der Waals surface area contributed by atoms with Crippen molar-refractivity contribution in [1.82, 2.24) is 0 Å². The predicted molar refractivity (Wildman–Crippen MR) is 358 cm³/mol. The number of allylic oxidation sites excluding steroid dienone is 6. The van der Waals surface area contributed by atoms with Crippen LogP contribution in [0.2, 0.25) is 0 Å². The van der Waals surface area contributed by atoms with Crippen molar-refractivity contribution in [3.8, 4) is 0 Å². The Morgan fingerprint density at radius 3 is 0.683 bits per heavy atom. The molecule has 6 heteroatoms. The second kappa shape index (κ2) is 71.1. The van der Waals surface area contributed by atoms with Gasteiger partial charge < -0.3 is 14.2 Å². The molecule has 0 aromatic rings. The van der Waals surface area contributed by atoms with Gasteiger partial charge in [-0.1, -0.05) is 372 Å². The zero-order valence-electron chi connectivity index (χ0n) is 55.5. The molecule has 82 heavy (non-hydrogen) atoms. The molecule has 0 aromatic heterocycles. The number of carbonyl (C=O) groups excluding carboxylic acids is 3. The number of carbonyl (C=O) groups is 3. The Morgan fingerprint density at radius 2 is 0.439 bits per heavy atom. The minimum atomic E-state index is -0.768. The Balaban J connectivity index is 3.90. The minimum Gasteiger partial charge on any atom is -0.462 e. The van der Waals surface area contributed by atoms with Crippen molar-refractivity contribution in [2.45, 2.75) is 419 Å². The van der Waals surface area contributed by atoms with E-state index in [2.05, 4.69) is 57.2 Å². The van der Waals surface area contributed by atoms with Crippen LogP contribution in [0.4, 0.5) is 0 Å². The predicted octanol–water partition coefficient (Wildman–Crippen LogP) is 25.5. The smallest absolute Gasteiger partial charge is 0.306 e. The van der Waals surface area contributed by atoms with E-state index in [1.165, 1.54) is 295 Å². The molecule has 0 aromatic carbocycles. The van der Waals surface area contributed by atoms with Crippen LogP contribution >= 0.6 is 0 Å². The average molecular weight is 1150 g/mol. The molecule has 0 heterocycles. The fourth-order valence-corrected chi connectivity index (χ4v) is 11.3. The van der Waals surface area contributed by atoms with Crippen molar-refractivity contribution in [3.63, 3.8) is 0 Å². The summed E-state index contributed by atoms with van der Waals surface area (Å²) in [5.41, 5.74) is 0. The normalized spacial score (nSPS) is 12.2. The third-order valence-electron chi connectivity index (χ3n) is 16.9. The maximum Gasteiger partial charge on any atom is 0.306 e. The Morgan fingerprint density at radius 1 is 0.244 bits per heavy atom. The van der Waals surface area contributed by atoms with E-state index in [0.717, 1.165) is 77.0 Å². The van der Waals surface area contributed by atoms with E-state index in [0.29, 0.717) is 19.3 Å². The molecule has 0 saturated heterocycles. The van der Waals surface area contributed by atoms with E-state index in [1.54, 1.807) is 0 Å². The maximum absolute atomic E-state index is 12.9. The largest absolute Gasteiger partial charge is 0.462 e. The van der Waals surface area contributed by atoms with Crippen molar-refractivity contribution in [3.05, 3.63) is 36.5 Å². The van der Waals surface area contributed by atoms with E-state index in [9.17, 15) is 14.4 Å². The van der Waals surface area contributed by atoms with Gasteiger partial charge in [0.2, 0.25) is 0 Å². The van der Waals surface area contributed by atoms with E-state index in [1.807, 2.05) is 0 Å². The molecule has 0 N–H and O–H groups in total. The van der Waals surface area contributed by atoms with E-state index >= 15 is 0 Å². The zero-order valence-corrected chi connectivity index (χ0v) is 55.5. The van der Waals surface area contributed by atoms with E-state index in [-0.39, 0.29) is 31.1 Å². The lowest BCUT2D eigenvalue weighted by Gasteiger charge is -2.18. The third kappa shape index (κ3) is 68.4. The number of unbranched alkanes of at least 4 members (excludes halogenated alkanes) is 52. The molecule has 6 nitrogen and oxygen atoms in total. The Labute approximate surface area is 512 Å². The van der Waals surface area contributed by atoms with Crippen LogP contribution in [0.1, 0.15) is 412 Å². The third-order valence-corrected chi connectivity index (χ3v) is 16.9. The summed E-state index contributed by atoms with van der Waals surface area (Å²) in [5, 5.41) is 0. The molecule has 0 bridgehead atoms. The van der Waals surface area contributed by atoms with Crippen LogP contribution < -0.4 is 0 Å². The highest BCUT2D eigenvalue weighted by Gasteiger charge is 2.19. The van der Waals surface area contributed by atoms with Gasteiger partial charge in [-0.15, -0.1) is 0 Å². The van der Waals surface area contributed by atoms with E-state index in [4.69, 9.17) is 14.2 Å². The van der Waals surface area contributed by atoms with Gasteiger partial charge in [0.15, 0.2) is 6.10 Å². The van der Waals surface area contributed by atoms with Gasteiger partial charge in [-0.05, 0) is 57.8 Å². The summed E-state index contributed by atoms with van der Waals surface area (Å²) in [6, 6.07) is 0. The van der Waals surface area contributed by atoms with Gasteiger partial charge in [0.05, 0.1) is 0 Å². The van der Waals surface area contributed by atoms with Gasteiger partial charge >= 0.3 is 17.9 Å². The summed E-state index contributed by atoms with van der Waals surface area (Å²) in [4.78, 5) is 38.0. The standard InChI is InChI=1S/C76H142O6/c1-4-7-10-13-15-17-19-21-23-25-27-29-31-33-35-36-37-38-39-41-42-44-46-48-50-52-54-56-58-60-63-66-69-75(78)81-72-73(71-80-74(77)68-65-62-12-9-6-3)82-76(79)70-67-64-61-59-57-55-53-51-49-47-45-43-40-34-32-30-28-26-24-22-20-18-16-14-11-8-5-2/h20,22,26,28,32,34,73H,4-19,21,23-25,27,29-31,33,35-72H2,1-3H3/b22-20-,28-26-,34-32-. The first-order valence-corrected chi connectivity index (χ1v) is 37.0. The molecule has 0 radical (unpaired) electrons. The van der Waals surface area contributed by atoms with Gasteiger partial charge in [0.25, 0.3) is 0 Å². The first-order chi connectivity index (χ1) is 40.5. The number of hydrogen-bond acceptors (Lipinski definition) is 6. The van der Waals surface area contributed by atoms with Crippen molar-refractivity contribution in [2.24, 2.45) is 0 Å². The lowest BCUT2D eigenvalue weighted by Crippen LogP contribution is -2.30. The maximum atomic E-state index is 12.9. The number of rotatable bonds is 69. The van der Waals surface area contributed by atoms with Gasteiger partial charge in [-0.3, -0.25) is 14.4 Å². The molecule has 0 aliphatic carbocycles. The molecule has 0 aliphatic rings. The van der Waals surface area contributed by atoms with Crippen molar-refractivity contribution in [2.75, 3.05) is 13.2 Å². The lowest BCUT2D eigenvalue weighted by atomic mass is 10.0. The molecule has 0 fully saturated rings. The van der Waals surface area contributed by atoms with Crippen LogP contribution in [-0.2, 0) is 28.6 Å². The molecular weight excluding hydrogens is 1010 g/mol. The highest BCUT2D eigenvalue weighted by molar-refractivity contribution is 5.71. The summed E-state index contributed by atoms with van der Waals surface area (Å²) >= 11 is 0. The molecule has 0 saturated carbocycles. The van der Waals surface area contributed by atoms with E-state index < -0.39 is 6.10 Å². The fourth-order valence-electron chi connectivity index (χ4n) is 11.3. The van der Waals surface area contributed by atoms with Crippen LogP contribution in [0.5, 0.6) is 0 Å². The number of hydrogen-bond donors (Lipinski definition) is 0. The fraction of sp³-hybridized carbons (Fsp3) is 0.882. The van der Waals surface area contributed by atoms with Crippen LogP contribution in [0, 0.1) is 0 Å². The number of ether oxygens (including phenoxy) is 3.